The third-order valence-corrected chi connectivity index (χ3v) is 4.58. The molecule has 3 aromatic carbocycles. The van der Waals surface area contributed by atoms with Gasteiger partial charge in [0, 0.05) is 13.6 Å². The summed E-state index contributed by atoms with van der Waals surface area (Å²) in [6.07, 6.45) is 1.70. The molecule has 0 spiro atoms. The lowest BCUT2D eigenvalue weighted by Crippen LogP contribution is -2.26. The maximum absolute atomic E-state index is 12.8. The topological polar surface area (TPSA) is 51.0 Å². The maximum Gasteiger partial charge on any atom is 0.276 e. The van der Waals surface area contributed by atoms with E-state index in [-0.39, 0.29) is 5.91 Å². The Labute approximate surface area is 157 Å². The Morgan fingerprint density at radius 2 is 1.70 bits per heavy atom. The number of hydrogen-bond donors (Lipinski definition) is 0. The Hall–Kier alpha value is -3.47. The third-order valence-electron chi connectivity index (χ3n) is 4.58. The standard InChI is InChI=1S/C22H20N4O/c1-25(15-19-12-7-11-18-10-5-6-13-20(18)19)22(27)21-16-26(24-23-21)14-17-8-3-2-4-9-17/h2-13,16H,14-15H2,1H3. The van der Waals surface area contributed by atoms with E-state index in [0.29, 0.717) is 18.8 Å². The highest BCUT2D eigenvalue weighted by atomic mass is 16.2. The van der Waals surface area contributed by atoms with Crippen molar-refractivity contribution in [2.24, 2.45) is 0 Å². The van der Waals surface area contributed by atoms with Crippen molar-refractivity contribution < 1.29 is 4.79 Å². The molecular weight excluding hydrogens is 336 g/mol. The van der Waals surface area contributed by atoms with E-state index in [2.05, 4.69) is 34.6 Å². The number of amides is 1. The molecule has 0 unspecified atom stereocenters. The van der Waals surface area contributed by atoms with Crippen LogP contribution in [0.4, 0.5) is 0 Å². The molecule has 5 heteroatoms. The van der Waals surface area contributed by atoms with Crippen LogP contribution in [0.3, 0.4) is 0 Å². The van der Waals surface area contributed by atoms with Crippen molar-refractivity contribution in [3.63, 3.8) is 0 Å². The first kappa shape index (κ1) is 17.0. The van der Waals surface area contributed by atoms with Crippen LogP contribution in [0.5, 0.6) is 0 Å². The Balaban J connectivity index is 1.49. The molecule has 0 saturated heterocycles. The lowest BCUT2D eigenvalue weighted by Gasteiger charge is -2.17. The molecule has 4 aromatic rings. The van der Waals surface area contributed by atoms with Crippen molar-refractivity contribution in [3.8, 4) is 0 Å². The van der Waals surface area contributed by atoms with Gasteiger partial charge in [0.2, 0.25) is 0 Å². The normalized spacial score (nSPS) is 10.9. The van der Waals surface area contributed by atoms with Gasteiger partial charge in [-0.15, -0.1) is 5.10 Å². The molecule has 134 valence electrons. The van der Waals surface area contributed by atoms with E-state index in [1.807, 2.05) is 48.5 Å². The summed E-state index contributed by atoms with van der Waals surface area (Å²) in [6.45, 7) is 1.11. The Morgan fingerprint density at radius 1 is 0.963 bits per heavy atom. The van der Waals surface area contributed by atoms with Gasteiger partial charge in [0.1, 0.15) is 0 Å². The van der Waals surface area contributed by atoms with Gasteiger partial charge in [-0.25, -0.2) is 4.68 Å². The minimum absolute atomic E-state index is 0.137. The minimum Gasteiger partial charge on any atom is -0.336 e. The second-order valence-corrected chi connectivity index (χ2v) is 6.59. The highest BCUT2D eigenvalue weighted by Crippen LogP contribution is 2.20. The van der Waals surface area contributed by atoms with Crippen LogP contribution in [-0.2, 0) is 13.1 Å². The van der Waals surface area contributed by atoms with Crippen LogP contribution in [0.1, 0.15) is 21.6 Å². The third kappa shape index (κ3) is 3.72. The molecule has 0 saturated carbocycles. The zero-order valence-corrected chi connectivity index (χ0v) is 15.1. The number of fused-ring (bicyclic) bond motifs is 1. The predicted molar refractivity (Wildman–Crippen MR) is 105 cm³/mol. The van der Waals surface area contributed by atoms with E-state index in [4.69, 9.17) is 0 Å². The van der Waals surface area contributed by atoms with Crippen LogP contribution in [0, 0.1) is 0 Å². The van der Waals surface area contributed by atoms with E-state index in [9.17, 15) is 4.79 Å². The van der Waals surface area contributed by atoms with Crippen LogP contribution in [-0.4, -0.2) is 32.8 Å². The highest BCUT2D eigenvalue weighted by Gasteiger charge is 2.17. The van der Waals surface area contributed by atoms with Crippen LogP contribution in [0.25, 0.3) is 10.8 Å². The van der Waals surface area contributed by atoms with Crippen LogP contribution < -0.4 is 0 Å². The van der Waals surface area contributed by atoms with E-state index in [0.717, 1.165) is 16.5 Å². The predicted octanol–water partition coefficient (Wildman–Crippen LogP) is 3.75. The summed E-state index contributed by atoms with van der Waals surface area (Å²) >= 11 is 0. The Bertz CT molecular complexity index is 1070. The summed E-state index contributed by atoms with van der Waals surface area (Å²) in [5.41, 5.74) is 2.58. The lowest BCUT2D eigenvalue weighted by molar-refractivity contribution is 0.0779. The van der Waals surface area contributed by atoms with E-state index in [1.54, 1.807) is 22.8 Å². The van der Waals surface area contributed by atoms with Gasteiger partial charge in [-0.2, -0.15) is 0 Å². The first-order chi connectivity index (χ1) is 13.2. The van der Waals surface area contributed by atoms with Crippen molar-refractivity contribution in [2.75, 3.05) is 7.05 Å². The zero-order valence-electron chi connectivity index (χ0n) is 15.1. The molecule has 4 rings (SSSR count). The van der Waals surface area contributed by atoms with E-state index < -0.39 is 0 Å². The van der Waals surface area contributed by atoms with E-state index in [1.165, 1.54) is 5.39 Å². The second-order valence-electron chi connectivity index (χ2n) is 6.59. The monoisotopic (exact) mass is 356 g/mol. The molecule has 5 nitrogen and oxygen atoms in total. The van der Waals surface area contributed by atoms with Gasteiger partial charge in [0.05, 0.1) is 12.7 Å². The molecule has 0 bridgehead atoms. The Kier molecular flexibility index (Phi) is 4.66. The molecule has 1 aromatic heterocycles. The summed E-state index contributed by atoms with van der Waals surface area (Å²) in [7, 11) is 1.79. The van der Waals surface area contributed by atoms with Gasteiger partial charge >= 0.3 is 0 Å². The molecule has 0 radical (unpaired) electrons. The number of rotatable bonds is 5. The summed E-state index contributed by atoms with van der Waals surface area (Å²) in [6, 6.07) is 24.3. The molecule has 0 aliphatic carbocycles. The van der Waals surface area contributed by atoms with Gasteiger partial charge in [0.25, 0.3) is 5.91 Å². The number of carbonyl (C=O) groups excluding carboxylic acids is 1. The molecule has 0 aliphatic heterocycles. The molecule has 0 N–H and O–H groups in total. The van der Waals surface area contributed by atoms with E-state index >= 15 is 0 Å². The summed E-state index contributed by atoms with van der Waals surface area (Å²) in [5, 5.41) is 10.5. The average molecular weight is 356 g/mol. The Morgan fingerprint density at radius 3 is 2.56 bits per heavy atom. The fraction of sp³-hybridized carbons (Fsp3) is 0.136. The molecule has 1 heterocycles. The summed E-state index contributed by atoms with van der Waals surface area (Å²) in [5.74, 6) is -0.137. The lowest BCUT2D eigenvalue weighted by atomic mass is 10.0. The summed E-state index contributed by atoms with van der Waals surface area (Å²) in [4.78, 5) is 14.4. The number of hydrogen-bond acceptors (Lipinski definition) is 3. The van der Waals surface area contributed by atoms with Crippen LogP contribution in [0.2, 0.25) is 0 Å². The first-order valence-corrected chi connectivity index (χ1v) is 8.87. The largest absolute Gasteiger partial charge is 0.336 e. The number of aromatic nitrogens is 3. The maximum atomic E-state index is 12.8. The molecule has 0 atom stereocenters. The fourth-order valence-corrected chi connectivity index (χ4v) is 3.20. The SMILES string of the molecule is CN(Cc1cccc2ccccc12)C(=O)c1cn(Cc2ccccc2)nn1. The molecule has 0 aliphatic rings. The fourth-order valence-electron chi connectivity index (χ4n) is 3.20. The highest BCUT2D eigenvalue weighted by molar-refractivity contribution is 5.92. The first-order valence-electron chi connectivity index (χ1n) is 8.87. The van der Waals surface area contributed by atoms with Crippen molar-refractivity contribution in [1.29, 1.82) is 0 Å². The number of nitrogens with zero attached hydrogens (tertiary/aromatic N) is 4. The van der Waals surface area contributed by atoms with Gasteiger partial charge in [-0.1, -0.05) is 78.0 Å². The smallest absolute Gasteiger partial charge is 0.276 e. The van der Waals surface area contributed by atoms with Crippen molar-refractivity contribution >= 4 is 16.7 Å². The van der Waals surface area contributed by atoms with Gasteiger partial charge in [-0.05, 0) is 21.9 Å². The van der Waals surface area contributed by atoms with Crippen molar-refractivity contribution in [1.82, 2.24) is 19.9 Å². The molecule has 27 heavy (non-hydrogen) atoms. The molecule has 0 fully saturated rings. The van der Waals surface area contributed by atoms with Crippen molar-refractivity contribution in [2.45, 2.75) is 13.1 Å². The van der Waals surface area contributed by atoms with Gasteiger partial charge in [0.15, 0.2) is 5.69 Å². The van der Waals surface area contributed by atoms with Crippen LogP contribution >= 0.6 is 0 Å². The molecular formula is C22H20N4O. The van der Waals surface area contributed by atoms with Crippen molar-refractivity contribution in [3.05, 3.63) is 95.8 Å². The number of carbonyl (C=O) groups is 1. The van der Waals surface area contributed by atoms with Crippen LogP contribution in [0.15, 0.2) is 79.0 Å². The quantitative estimate of drug-likeness (QED) is 0.547. The summed E-state index contributed by atoms with van der Waals surface area (Å²) < 4.78 is 1.69. The minimum atomic E-state index is -0.137. The zero-order chi connectivity index (χ0) is 18.6. The second kappa shape index (κ2) is 7.41. The molecule has 1 amide bonds. The van der Waals surface area contributed by atoms with Gasteiger partial charge < -0.3 is 4.90 Å². The van der Waals surface area contributed by atoms with Gasteiger partial charge in [-0.3, -0.25) is 4.79 Å². The number of benzene rings is 3. The average Bonchev–Trinajstić information content (AvgIpc) is 3.17.